The monoisotopic (exact) mass is 224 g/mol. The molecule has 2 aliphatic rings. The Morgan fingerprint density at radius 3 is 2.50 bits per heavy atom. The van der Waals surface area contributed by atoms with Gasteiger partial charge in [0.25, 0.3) is 0 Å². The van der Waals surface area contributed by atoms with Crippen molar-refractivity contribution in [2.75, 3.05) is 26.2 Å². The molecule has 0 radical (unpaired) electrons. The maximum atomic E-state index is 3.71. The van der Waals surface area contributed by atoms with Gasteiger partial charge in [-0.3, -0.25) is 0 Å². The second-order valence-corrected chi connectivity index (χ2v) is 5.98. The summed E-state index contributed by atoms with van der Waals surface area (Å²) in [6.45, 7) is 9.89. The third-order valence-corrected chi connectivity index (χ3v) is 4.63. The highest BCUT2D eigenvalue weighted by molar-refractivity contribution is 4.77. The molecule has 2 rings (SSSR count). The molecule has 2 heteroatoms. The number of rotatable bonds is 4. The fraction of sp³-hybridized carbons (Fsp3) is 1.00. The Morgan fingerprint density at radius 1 is 1.06 bits per heavy atom. The largest absolute Gasteiger partial charge is 0.313 e. The minimum atomic E-state index is 0.834. The van der Waals surface area contributed by atoms with E-state index in [2.05, 4.69) is 24.1 Å². The molecule has 2 atom stereocenters. The van der Waals surface area contributed by atoms with Gasteiger partial charge < -0.3 is 10.2 Å². The Labute approximate surface area is 101 Å². The van der Waals surface area contributed by atoms with Crippen molar-refractivity contribution in [3.8, 4) is 0 Å². The summed E-state index contributed by atoms with van der Waals surface area (Å²) < 4.78 is 0. The fourth-order valence-electron chi connectivity index (χ4n) is 3.11. The lowest BCUT2D eigenvalue weighted by atomic mass is 9.89. The number of nitrogens with zero attached hydrogens (tertiary/aromatic N) is 1. The number of hydrogen-bond donors (Lipinski definition) is 1. The standard InChI is InChI=1S/C14H28N2/c1-12-7-9-16(11-13(12)2)10-8-15-14-5-3-4-6-14/h12-15H,3-11H2,1-2H3. The van der Waals surface area contributed by atoms with Crippen LogP contribution in [0.15, 0.2) is 0 Å². The summed E-state index contributed by atoms with van der Waals surface area (Å²) in [6, 6.07) is 0.834. The van der Waals surface area contributed by atoms with Crippen LogP contribution < -0.4 is 5.32 Å². The molecule has 0 bridgehead atoms. The van der Waals surface area contributed by atoms with Gasteiger partial charge in [0, 0.05) is 25.7 Å². The van der Waals surface area contributed by atoms with Crippen LogP contribution in [0.25, 0.3) is 0 Å². The van der Waals surface area contributed by atoms with Gasteiger partial charge in [-0.25, -0.2) is 0 Å². The highest BCUT2D eigenvalue weighted by Crippen LogP contribution is 2.22. The molecule has 0 aromatic carbocycles. The van der Waals surface area contributed by atoms with Crippen molar-refractivity contribution in [2.24, 2.45) is 11.8 Å². The number of hydrogen-bond acceptors (Lipinski definition) is 2. The molecule has 1 N–H and O–H groups in total. The molecule has 2 unspecified atom stereocenters. The van der Waals surface area contributed by atoms with Crippen LogP contribution in [0.5, 0.6) is 0 Å². The van der Waals surface area contributed by atoms with Gasteiger partial charge in [-0.15, -0.1) is 0 Å². The van der Waals surface area contributed by atoms with Gasteiger partial charge in [-0.05, 0) is 37.6 Å². The molecule has 1 saturated carbocycles. The molecule has 2 nitrogen and oxygen atoms in total. The van der Waals surface area contributed by atoms with Crippen molar-refractivity contribution >= 4 is 0 Å². The summed E-state index contributed by atoms with van der Waals surface area (Å²) in [4.78, 5) is 2.65. The quantitative estimate of drug-likeness (QED) is 0.789. The molecule has 0 amide bonds. The number of piperidine rings is 1. The molecule has 0 aromatic rings. The molecule has 2 fully saturated rings. The van der Waals surface area contributed by atoms with Crippen LogP contribution in [0.1, 0.15) is 46.0 Å². The summed E-state index contributed by atoms with van der Waals surface area (Å²) in [7, 11) is 0. The molecule has 1 aliphatic heterocycles. The summed E-state index contributed by atoms with van der Waals surface area (Å²) in [6.07, 6.45) is 7.09. The Kier molecular flexibility index (Phi) is 4.66. The van der Waals surface area contributed by atoms with Crippen molar-refractivity contribution in [1.29, 1.82) is 0 Å². The van der Waals surface area contributed by atoms with E-state index in [9.17, 15) is 0 Å². The second kappa shape index (κ2) is 6.02. The van der Waals surface area contributed by atoms with Crippen LogP contribution in [-0.2, 0) is 0 Å². The van der Waals surface area contributed by atoms with E-state index >= 15 is 0 Å². The molecule has 16 heavy (non-hydrogen) atoms. The van der Waals surface area contributed by atoms with E-state index < -0.39 is 0 Å². The average Bonchev–Trinajstić information content (AvgIpc) is 2.76. The van der Waals surface area contributed by atoms with E-state index in [-0.39, 0.29) is 0 Å². The van der Waals surface area contributed by atoms with Gasteiger partial charge in [-0.1, -0.05) is 26.7 Å². The molecule has 1 aliphatic carbocycles. The molecule has 1 heterocycles. The van der Waals surface area contributed by atoms with Crippen molar-refractivity contribution in [2.45, 2.75) is 52.0 Å². The first-order valence-corrected chi connectivity index (χ1v) is 7.21. The minimum absolute atomic E-state index is 0.834. The van der Waals surface area contributed by atoms with E-state index in [1.165, 1.54) is 58.3 Å². The highest BCUT2D eigenvalue weighted by atomic mass is 15.1. The van der Waals surface area contributed by atoms with Gasteiger partial charge in [0.15, 0.2) is 0 Å². The first-order valence-electron chi connectivity index (χ1n) is 7.21. The number of nitrogens with one attached hydrogen (secondary N) is 1. The summed E-state index contributed by atoms with van der Waals surface area (Å²) in [5.41, 5.74) is 0. The van der Waals surface area contributed by atoms with Crippen molar-refractivity contribution in [3.63, 3.8) is 0 Å². The van der Waals surface area contributed by atoms with Gasteiger partial charge >= 0.3 is 0 Å². The van der Waals surface area contributed by atoms with Crippen molar-refractivity contribution < 1.29 is 0 Å². The first kappa shape index (κ1) is 12.4. The summed E-state index contributed by atoms with van der Waals surface area (Å²) in [5, 5.41) is 3.71. The van der Waals surface area contributed by atoms with Crippen LogP contribution in [0.3, 0.4) is 0 Å². The molecule has 0 aromatic heterocycles. The lowest BCUT2D eigenvalue weighted by Gasteiger charge is -2.35. The second-order valence-electron chi connectivity index (χ2n) is 5.98. The Morgan fingerprint density at radius 2 is 1.81 bits per heavy atom. The Bertz CT molecular complexity index is 199. The van der Waals surface area contributed by atoms with Gasteiger partial charge in [0.1, 0.15) is 0 Å². The predicted molar refractivity (Wildman–Crippen MR) is 69.6 cm³/mol. The maximum Gasteiger partial charge on any atom is 0.0107 e. The molecule has 94 valence electrons. The van der Waals surface area contributed by atoms with Gasteiger partial charge in [0.05, 0.1) is 0 Å². The van der Waals surface area contributed by atoms with Crippen LogP contribution >= 0.6 is 0 Å². The van der Waals surface area contributed by atoms with Crippen LogP contribution in [0.2, 0.25) is 0 Å². The third-order valence-electron chi connectivity index (χ3n) is 4.63. The minimum Gasteiger partial charge on any atom is -0.313 e. The zero-order valence-corrected chi connectivity index (χ0v) is 11.0. The molecular weight excluding hydrogens is 196 g/mol. The van der Waals surface area contributed by atoms with Gasteiger partial charge in [-0.2, -0.15) is 0 Å². The van der Waals surface area contributed by atoms with E-state index in [1.54, 1.807) is 0 Å². The first-order chi connectivity index (χ1) is 7.75. The molecular formula is C14H28N2. The van der Waals surface area contributed by atoms with Gasteiger partial charge in [0.2, 0.25) is 0 Å². The zero-order valence-electron chi connectivity index (χ0n) is 11.0. The van der Waals surface area contributed by atoms with E-state index in [1.807, 2.05) is 0 Å². The maximum absolute atomic E-state index is 3.71. The predicted octanol–water partition coefficient (Wildman–Crippen LogP) is 2.50. The SMILES string of the molecule is CC1CCN(CCNC2CCCC2)CC1C. The lowest BCUT2D eigenvalue weighted by molar-refractivity contribution is 0.138. The number of likely N-dealkylation sites (tertiary alicyclic amines) is 1. The van der Waals surface area contributed by atoms with Crippen LogP contribution in [-0.4, -0.2) is 37.1 Å². The lowest BCUT2D eigenvalue weighted by Crippen LogP contribution is -2.42. The van der Waals surface area contributed by atoms with E-state index in [4.69, 9.17) is 0 Å². The molecule has 1 saturated heterocycles. The van der Waals surface area contributed by atoms with E-state index in [0.29, 0.717) is 0 Å². The Balaban J connectivity index is 1.59. The molecule has 0 spiro atoms. The van der Waals surface area contributed by atoms with Crippen LogP contribution in [0, 0.1) is 11.8 Å². The summed E-state index contributed by atoms with van der Waals surface area (Å²) >= 11 is 0. The van der Waals surface area contributed by atoms with E-state index in [0.717, 1.165) is 17.9 Å². The zero-order chi connectivity index (χ0) is 11.4. The van der Waals surface area contributed by atoms with Crippen molar-refractivity contribution in [1.82, 2.24) is 10.2 Å². The normalized spacial score (nSPS) is 33.4. The van der Waals surface area contributed by atoms with Crippen molar-refractivity contribution in [3.05, 3.63) is 0 Å². The highest BCUT2D eigenvalue weighted by Gasteiger charge is 2.22. The topological polar surface area (TPSA) is 15.3 Å². The van der Waals surface area contributed by atoms with Crippen LogP contribution in [0.4, 0.5) is 0 Å². The fourth-order valence-corrected chi connectivity index (χ4v) is 3.11. The average molecular weight is 224 g/mol. The smallest absolute Gasteiger partial charge is 0.0107 e. The third kappa shape index (κ3) is 3.46. The Hall–Kier alpha value is -0.0800. The summed E-state index contributed by atoms with van der Waals surface area (Å²) in [5.74, 6) is 1.82.